The van der Waals surface area contributed by atoms with Gasteiger partial charge in [0.2, 0.25) is 0 Å². The van der Waals surface area contributed by atoms with Crippen LogP contribution in [-0.4, -0.2) is 46.6 Å². The number of aryl methyl sites for hydroxylation is 1. The number of carbonyl (C=O) groups excluding carboxylic acids is 2. The molecule has 1 spiro atoms. The van der Waals surface area contributed by atoms with Crippen LogP contribution in [0.15, 0.2) is 42.0 Å². The molecule has 0 aromatic heterocycles. The van der Waals surface area contributed by atoms with E-state index >= 15 is 0 Å². The Morgan fingerprint density at radius 3 is 2.51 bits per heavy atom. The van der Waals surface area contributed by atoms with Crippen LogP contribution in [0.2, 0.25) is 0 Å². The van der Waals surface area contributed by atoms with Gasteiger partial charge in [-0.1, -0.05) is 102 Å². The van der Waals surface area contributed by atoms with Crippen molar-refractivity contribution in [2.45, 2.75) is 193 Å². The first-order valence-electron chi connectivity index (χ1n) is 23.4. The van der Waals surface area contributed by atoms with Crippen molar-refractivity contribution in [3.8, 4) is 11.8 Å². The van der Waals surface area contributed by atoms with E-state index in [0.717, 1.165) is 50.0 Å². The topological polar surface area (TPSA) is 93.1 Å². The van der Waals surface area contributed by atoms with Crippen LogP contribution < -0.4 is 0 Å². The molecule has 6 heteroatoms. The van der Waals surface area contributed by atoms with Crippen molar-refractivity contribution in [3.63, 3.8) is 0 Å². The van der Waals surface area contributed by atoms with E-state index in [1.165, 1.54) is 69.8 Å². The van der Waals surface area contributed by atoms with Crippen LogP contribution >= 0.6 is 0 Å². The van der Waals surface area contributed by atoms with E-state index < -0.39 is 28.6 Å². The lowest BCUT2D eigenvalue weighted by Gasteiger charge is -2.71. The standard InChI is InChI=1S/C51H74O6/c1-5-6-8-21-40-22-15-28-49(40)31-25-41(34-49)48(4)30-26-43(52)50(29-14-17-37(2)16-13-20-38-18-9-7-10-19-38)46(48)42-35-47(3,27-12-11-23-44(53)57-42)51(50,55)32-24-39-33-45(54)56-36-39/h7,9-10,18-19,33,37,40-43,46,52,55H,5-6,8,11,13-17,20-26,28-32,34-36H2,1-4H3/t37-,40+,41-,42-,43-,46+,47+,48+,49-,50+,51-/m1/s1. The molecule has 2 bridgehead atoms. The van der Waals surface area contributed by atoms with E-state index in [-0.39, 0.29) is 36.3 Å². The number of carbonyl (C=O) groups is 2. The lowest BCUT2D eigenvalue weighted by Crippen LogP contribution is -2.76. The first-order chi connectivity index (χ1) is 27.4. The third kappa shape index (κ3) is 8.16. The van der Waals surface area contributed by atoms with Crippen molar-refractivity contribution in [2.24, 2.45) is 45.3 Å². The van der Waals surface area contributed by atoms with E-state index in [1.807, 2.05) is 0 Å². The fourth-order valence-corrected chi connectivity index (χ4v) is 14.3. The summed E-state index contributed by atoms with van der Waals surface area (Å²) in [7, 11) is 0. The Balaban J connectivity index is 1.25. The number of ether oxygens (including phenoxy) is 2. The first-order valence-corrected chi connectivity index (χ1v) is 23.4. The van der Waals surface area contributed by atoms with Crippen LogP contribution in [0, 0.1) is 57.2 Å². The summed E-state index contributed by atoms with van der Waals surface area (Å²) in [6.45, 7) is 9.48. The van der Waals surface area contributed by atoms with E-state index in [1.54, 1.807) is 6.08 Å². The minimum Gasteiger partial charge on any atom is -0.462 e. The highest BCUT2D eigenvalue weighted by molar-refractivity contribution is 5.85. The average molecular weight is 783 g/mol. The van der Waals surface area contributed by atoms with Crippen LogP contribution in [0.5, 0.6) is 0 Å². The predicted molar refractivity (Wildman–Crippen MR) is 226 cm³/mol. The molecule has 0 unspecified atom stereocenters. The second-order valence-corrected chi connectivity index (χ2v) is 20.5. The molecule has 6 aliphatic rings. The molecule has 314 valence electrons. The van der Waals surface area contributed by atoms with E-state index in [0.29, 0.717) is 55.8 Å². The van der Waals surface area contributed by atoms with Gasteiger partial charge in [-0.15, -0.1) is 5.92 Å². The van der Waals surface area contributed by atoms with Crippen LogP contribution in [-0.2, 0) is 25.5 Å². The maximum Gasteiger partial charge on any atom is 0.331 e. The predicted octanol–water partition coefficient (Wildman–Crippen LogP) is 10.9. The zero-order valence-corrected chi connectivity index (χ0v) is 35.9. The van der Waals surface area contributed by atoms with E-state index in [2.05, 4.69) is 69.9 Å². The van der Waals surface area contributed by atoms with Gasteiger partial charge < -0.3 is 19.7 Å². The molecule has 7 rings (SSSR count). The van der Waals surface area contributed by atoms with Crippen molar-refractivity contribution >= 4 is 11.9 Å². The lowest BCUT2D eigenvalue weighted by atomic mass is 9.36. The Morgan fingerprint density at radius 1 is 0.930 bits per heavy atom. The Labute approximate surface area is 344 Å². The fourth-order valence-electron chi connectivity index (χ4n) is 14.3. The number of hydrogen-bond acceptors (Lipinski definition) is 6. The Kier molecular flexibility index (Phi) is 13.1. The summed E-state index contributed by atoms with van der Waals surface area (Å²) in [6, 6.07) is 10.7. The van der Waals surface area contributed by atoms with Crippen LogP contribution in [0.3, 0.4) is 0 Å². The molecule has 4 fully saturated rings. The molecular formula is C51H74O6. The zero-order valence-electron chi connectivity index (χ0n) is 35.9. The molecule has 0 saturated heterocycles. The molecule has 0 amide bonds. The second kappa shape index (κ2) is 17.5. The summed E-state index contributed by atoms with van der Waals surface area (Å²) in [5, 5.41) is 27.0. The number of hydrogen-bond donors (Lipinski definition) is 2. The average Bonchev–Trinajstić information content (AvgIpc) is 3.94. The summed E-state index contributed by atoms with van der Waals surface area (Å²) in [6.07, 6.45) is 22.6. The minimum atomic E-state index is -1.39. The van der Waals surface area contributed by atoms with Crippen LogP contribution in [0.25, 0.3) is 0 Å². The highest BCUT2D eigenvalue weighted by atomic mass is 16.5. The molecule has 0 radical (unpaired) electrons. The van der Waals surface area contributed by atoms with E-state index in [9.17, 15) is 19.8 Å². The molecule has 1 aromatic rings. The second-order valence-electron chi connectivity index (χ2n) is 20.5. The summed E-state index contributed by atoms with van der Waals surface area (Å²) in [5.74, 6) is 7.92. The van der Waals surface area contributed by atoms with Crippen molar-refractivity contribution in [1.29, 1.82) is 0 Å². The number of benzene rings is 1. The zero-order chi connectivity index (χ0) is 40.3. The highest BCUT2D eigenvalue weighted by Gasteiger charge is 2.75. The fraction of sp³-hybridized carbons (Fsp3) is 0.765. The molecule has 4 aliphatic carbocycles. The third-order valence-electron chi connectivity index (χ3n) is 17.2. The molecule has 2 aliphatic heterocycles. The molecule has 1 aromatic carbocycles. The number of aliphatic hydroxyl groups excluding tert-OH is 1. The summed E-state index contributed by atoms with van der Waals surface area (Å²) in [5.41, 5.74) is -0.829. The maximum absolute atomic E-state index is 14.1. The van der Waals surface area contributed by atoms with Gasteiger partial charge in [0.25, 0.3) is 0 Å². The largest absolute Gasteiger partial charge is 0.462 e. The number of esters is 2. The maximum atomic E-state index is 14.1. The molecule has 2 N–H and O–H groups in total. The minimum absolute atomic E-state index is 0.200. The smallest absolute Gasteiger partial charge is 0.331 e. The molecule has 4 saturated carbocycles. The van der Waals surface area contributed by atoms with Gasteiger partial charge in [-0.3, -0.25) is 4.79 Å². The van der Waals surface area contributed by atoms with Crippen LogP contribution in [0.4, 0.5) is 0 Å². The number of rotatable bonds is 16. The summed E-state index contributed by atoms with van der Waals surface area (Å²) >= 11 is 0. The molecule has 11 atom stereocenters. The highest BCUT2D eigenvalue weighted by Crippen LogP contribution is 2.73. The number of fused-ring (bicyclic) bond motifs is 4. The monoisotopic (exact) mass is 783 g/mol. The number of cyclic esters (lactones) is 1. The molecular weight excluding hydrogens is 709 g/mol. The van der Waals surface area contributed by atoms with Gasteiger partial charge in [0.1, 0.15) is 12.7 Å². The number of unbranched alkanes of at least 4 members (excludes halogenated alkanes) is 2. The van der Waals surface area contributed by atoms with Crippen molar-refractivity contribution in [2.75, 3.05) is 6.61 Å². The van der Waals surface area contributed by atoms with Gasteiger partial charge >= 0.3 is 11.9 Å². The van der Waals surface area contributed by atoms with Gasteiger partial charge in [-0.25, -0.2) is 4.79 Å². The van der Waals surface area contributed by atoms with Crippen molar-refractivity contribution < 1.29 is 29.3 Å². The van der Waals surface area contributed by atoms with Gasteiger partial charge in [0.05, 0.1) is 23.5 Å². The Morgan fingerprint density at radius 2 is 1.74 bits per heavy atom. The van der Waals surface area contributed by atoms with E-state index in [4.69, 9.17) is 9.47 Å². The Bertz CT molecular complexity index is 1660. The van der Waals surface area contributed by atoms with Crippen molar-refractivity contribution in [1.82, 2.24) is 0 Å². The number of aliphatic hydroxyl groups is 2. The van der Waals surface area contributed by atoms with Gasteiger partial charge in [0.15, 0.2) is 0 Å². The van der Waals surface area contributed by atoms with Gasteiger partial charge in [-0.05, 0) is 130 Å². The molecule has 2 heterocycles. The van der Waals surface area contributed by atoms with Crippen LogP contribution in [0.1, 0.15) is 175 Å². The van der Waals surface area contributed by atoms with Gasteiger partial charge in [0, 0.05) is 30.3 Å². The molecule has 6 nitrogen and oxygen atoms in total. The molecule has 57 heavy (non-hydrogen) atoms. The lowest BCUT2D eigenvalue weighted by molar-refractivity contribution is -0.313. The van der Waals surface area contributed by atoms with Crippen molar-refractivity contribution in [3.05, 3.63) is 47.5 Å². The quantitative estimate of drug-likeness (QED) is 0.0985. The SMILES string of the molecule is CCCCC[C@H]1CCC[C@]12CC[C@@H]([C@]1(C)CC[C@@H](O)[C@@]3(CCC[C@H](C)CCCc4ccccc4)[C@H]1[C@H]1C[C@](C)(C#CCCC(=O)O1)[C@]3(O)CCC1=CC(=O)OC1)C2. The normalized spacial score (nSPS) is 39.3. The Hall–Kier alpha value is -2.62. The summed E-state index contributed by atoms with van der Waals surface area (Å²) in [4.78, 5) is 25.9. The third-order valence-corrected chi connectivity index (χ3v) is 17.2. The first kappa shape index (κ1) is 42.5. The summed E-state index contributed by atoms with van der Waals surface area (Å²) < 4.78 is 12.1. The van der Waals surface area contributed by atoms with Gasteiger partial charge in [-0.2, -0.15) is 0 Å².